The topological polar surface area (TPSA) is 69.9 Å². The van der Waals surface area contributed by atoms with E-state index >= 15 is 0 Å². The molecular weight excluding hydrogens is 383 g/mol. The van der Waals surface area contributed by atoms with E-state index in [0.717, 1.165) is 10.6 Å². The Bertz CT molecular complexity index is 1090. The molecule has 28 heavy (non-hydrogen) atoms. The second-order valence-corrected chi connectivity index (χ2v) is 7.87. The number of benzene rings is 1. The Balaban J connectivity index is 1.58. The number of carbonyl (C=O) groups is 1. The molecule has 2 unspecified atom stereocenters. The summed E-state index contributed by atoms with van der Waals surface area (Å²) in [6.07, 6.45) is 0.688. The minimum Gasteiger partial charge on any atom is -0.487 e. The van der Waals surface area contributed by atoms with Gasteiger partial charge in [-0.25, -0.2) is 9.37 Å². The van der Waals surface area contributed by atoms with Crippen molar-refractivity contribution in [3.63, 3.8) is 0 Å². The molecule has 1 aliphatic carbocycles. The summed E-state index contributed by atoms with van der Waals surface area (Å²) in [4.78, 5) is 30.8. The zero-order valence-corrected chi connectivity index (χ0v) is 16.3. The van der Waals surface area contributed by atoms with Gasteiger partial charge in [0.1, 0.15) is 18.2 Å². The first-order valence-electron chi connectivity index (χ1n) is 9.05. The van der Waals surface area contributed by atoms with Crippen LogP contribution in [0.3, 0.4) is 0 Å². The lowest BCUT2D eigenvalue weighted by Gasteiger charge is -2.06. The van der Waals surface area contributed by atoms with Crippen molar-refractivity contribution in [2.75, 3.05) is 6.61 Å². The van der Waals surface area contributed by atoms with Gasteiger partial charge in [0, 0.05) is 22.6 Å². The summed E-state index contributed by atoms with van der Waals surface area (Å²) in [7, 11) is 0. The van der Waals surface area contributed by atoms with Gasteiger partial charge in [-0.3, -0.25) is 14.0 Å². The molecule has 0 N–H and O–H groups in total. The quantitative estimate of drug-likeness (QED) is 0.591. The highest BCUT2D eigenvalue weighted by Gasteiger charge is 2.47. The minimum atomic E-state index is -0.340. The summed E-state index contributed by atoms with van der Waals surface area (Å²) in [5.41, 5.74) is 1.15. The molecule has 3 aromatic rings. The molecule has 1 aliphatic rings. The number of thiazole rings is 1. The predicted octanol–water partition coefficient (Wildman–Crippen LogP) is 3.45. The van der Waals surface area contributed by atoms with Gasteiger partial charge < -0.3 is 9.47 Å². The van der Waals surface area contributed by atoms with E-state index in [1.165, 1.54) is 41.7 Å². The number of hydrogen-bond acceptors (Lipinski definition) is 6. The lowest BCUT2D eigenvalue weighted by atomic mass is 10.2. The highest BCUT2D eigenvalue weighted by molar-refractivity contribution is 7.17. The Hall–Kier alpha value is -2.74. The highest BCUT2D eigenvalue weighted by atomic mass is 32.1. The molecule has 0 amide bonds. The number of aromatic nitrogens is 2. The van der Waals surface area contributed by atoms with Crippen LogP contribution in [0, 0.1) is 18.7 Å². The van der Waals surface area contributed by atoms with Crippen molar-refractivity contribution in [2.45, 2.75) is 32.8 Å². The molecular formula is C20H19FN2O4S. The van der Waals surface area contributed by atoms with Crippen LogP contribution in [0.25, 0.3) is 4.96 Å². The third kappa shape index (κ3) is 3.52. The third-order valence-corrected chi connectivity index (χ3v) is 5.69. The maximum atomic E-state index is 13.0. The van der Waals surface area contributed by atoms with Crippen molar-refractivity contribution in [2.24, 2.45) is 5.92 Å². The van der Waals surface area contributed by atoms with Crippen molar-refractivity contribution >= 4 is 22.3 Å². The summed E-state index contributed by atoms with van der Waals surface area (Å²) in [5, 5.41) is 0. The van der Waals surface area contributed by atoms with E-state index in [4.69, 9.17) is 9.47 Å². The van der Waals surface area contributed by atoms with Gasteiger partial charge in [0.25, 0.3) is 5.56 Å². The Morgan fingerprint density at radius 1 is 1.36 bits per heavy atom. The number of carbonyl (C=O) groups excluding carboxylic acids is 1. The summed E-state index contributed by atoms with van der Waals surface area (Å²) in [6, 6.07) is 7.11. The smallest absolute Gasteiger partial charge is 0.309 e. The Kier molecular flexibility index (Phi) is 4.89. The number of fused-ring (bicyclic) bond motifs is 1. The molecule has 0 saturated heterocycles. The number of rotatable bonds is 6. The molecule has 6 nitrogen and oxygen atoms in total. The Morgan fingerprint density at radius 3 is 2.82 bits per heavy atom. The first-order valence-corrected chi connectivity index (χ1v) is 9.86. The minimum absolute atomic E-state index is 0.00591. The zero-order valence-electron chi connectivity index (χ0n) is 15.5. The summed E-state index contributed by atoms with van der Waals surface area (Å²) in [6.45, 7) is 4.18. The molecule has 2 aromatic heterocycles. The zero-order chi connectivity index (χ0) is 19.8. The van der Waals surface area contributed by atoms with E-state index in [0.29, 0.717) is 29.4 Å². The van der Waals surface area contributed by atoms with Crippen molar-refractivity contribution in [3.05, 3.63) is 62.8 Å². The first-order chi connectivity index (χ1) is 13.5. The lowest BCUT2D eigenvalue weighted by Crippen LogP contribution is -2.18. The summed E-state index contributed by atoms with van der Waals surface area (Å²) in [5.74, 6) is -0.246. The number of aryl methyl sites for hydroxylation is 1. The van der Waals surface area contributed by atoms with Crippen molar-refractivity contribution < 1.29 is 18.7 Å². The van der Waals surface area contributed by atoms with Crippen LogP contribution in [0.15, 0.2) is 35.1 Å². The average Bonchev–Trinajstić information content (AvgIpc) is 3.37. The van der Waals surface area contributed by atoms with Crippen LogP contribution < -0.4 is 10.3 Å². The van der Waals surface area contributed by atoms with Crippen LogP contribution in [-0.4, -0.2) is 22.0 Å². The standard InChI is InChI=1S/C20H19FN2O4S/c1-3-26-19(25)16-9-15(16)18-11(2)28-20-22-13(8-17(24)23(18)20)10-27-14-6-4-12(21)5-7-14/h4-8,15-16H,3,9-10H2,1-2H3. The molecule has 8 heteroatoms. The maximum absolute atomic E-state index is 13.0. The van der Waals surface area contributed by atoms with Gasteiger partial charge in [-0.05, 0) is 44.5 Å². The van der Waals surface area contributed by atoms with Crippen LogP contribution in [0.4, 0.5) is 4.39 Å². The second kappa shape index (κ2) is 7.35. The fourth-order valence-corrected chi connectivity index (χ4v) is 4.40. The van der Waals surface area contributed by atoms with E-state index in [2.05, 4.69) is 4.98 Å². The number of esters is 1. The van der Waals surface area contributed by atoms with Crippen molar-refractivity contribution in [3.8, 4) is 5.75 Å². The predicted molar refractivity (Wildman–Crippen MR) is 102 cm³/mol. The third-order valence-electron chi connectivity index (χ3n) is 4.72. The van der Waals surface area contributed by atoms with E-state index < -0.39 is 0 Å². The number of ether oxygens (including phenoxy) is 2. The largest absolute Gasteiger partial charge is 0.487 e. The molecule has 2 atom stereocenters. The van der Waals surface area contributed by atoms with Crippen molar-refractivity contribution in [1.82, 2.24) is 9.38 Å². The Labute approximate surface area is 164 Å². The number of halogens is 1. The molecule has 0 aliphatic heterocycles. The Morgan fingerprint density at radius 2 is 2.11 bits per heavy atom. The van der Waals surface area contributed by atoms with E-state index in [9.17, 15) is 14.0 Å². The number of nitrogens with zero attached hydrogens (tertiary/aromatic N) is 2. The molecule has 0 spiro atoms. The van der Waals surface area contributed by atoms with Gasteiger partial charge in [0.15, 0.2) is 4.96 Å². The van der Waals surface area contributed by atoms with Gasteiger partial charge in [-0.2, -0.15) is 0 Å². The van der Waals surface area contributed by atoms with Crippen LogP contribution in [-0.2, 0) is 16.1 Å². The number of hydrogen-bond donors (Lipinski definition) is 0. The fourth-order valence-electron chi connectivity index (χ4n) is 3.34. The summed E-state index contributed by atoms with van der Waals surface area (Å²) < 4.78 is 25.2. The van der Waals surface area contributed by atoms with Crippen LogP contribution in [0.2, 0.25) is 0 Å². The molecule has 2 heterocycles. The maximum Gasteiger partial charge on any atom is 0.309 e. The molecule has 4 rings (SSSR count). The van der Waals surface area contributed by atoms with Crippen LogP contribution in [0.5, 0.6) is 5.75 Å². The van der Waals surface area contributed by atoms with Gasteiger partial charge >= 0.3 is 5.97 Å². The monoisotopic (exact) mass is 402 g/mol. The lowest BCUT2D eigenvalue weighted by molar-refractivity contribution is -0.144. The molecule has 1 fully saturated rings. The first kappa shape index (κ1) is 18.6. The second-order valence-electron chi connectivity index (χ2n) is 6.69. The van der Waals surface area contributed by atoms with E-state index in [1.54, 1.807) is 11.3 Å². The SMILES string of the molecule is CCOC(=O)C1CC1c1c(C)sc2nc(COc3ccc(F)cc3)cc(=O)n12. The van der Waals surface area contributed by atoms with Gasteiger partial charge in [-0.15, -0.1) is 11.3 Å². The molecule has 1 saturated carbocycles. The van der Waals surface area contributed by atoms with Crippen LogP contribution >= 0.6 is 11.3 Å². The molecule has 0 radical (unpaired) electrons. The normalized spacial score (nSPS) is 18.2. The summed E-state index contributed by atoms with van der Waals surface area (Å²) >= 11 is 1.42. The average molecular weight is 402 g/mol. The molecule has 146 valence electrons. The van der Waals surface area contributed by atoms with Gasteiger partial charge in [0.05, 0.1) is 18.2 Å². The van der Waals surface area contributed by atoms with Gasteiger partial charge in [0.2, 0.25) is 0 Å². The van der Waals surface area contributed by atoms with Crippen LogP contribution in [0.1, 0.15) is 35.5 Å². The molecule has 1 aromatic carbocycles. The van der Waals surface area contributed by atoms with Gasteiger partial charge in [-0.1, -0.05) is 0 Å². The van der Waals surface area contributed by atoms with E-state index in [-0.39, 0.29) is 35.8 Å². The molecule has 0 bridgehead atoms. The van der Waals surface area contributed by atoms with E-state index in [1.807, 2.05) is 6.92 Å². The van der Waals surface area contributed by atoms with Crippen molar-refractivity contribution in [1.29, 1.82) is 0 Å². The fraction of sp³-hybridized carbons (Fsp3) is 0.350. The highest BCUT2D eigenvalue weighted by Crippen LogP contribution is 2.50.